The Hall–Kier alpha value is -2.62. The lowest BCUT2D eigenvalue weighted by atomic mass is 9.78. The fraction of sp³-hybridized carbons (Fsp3) is 0.609. The van der Waals surface area contributed by atoms with Crippen molar-refractivity contribution in [2.45, 2.75) is 75.7 Å². The molecule has 0 aromatic heterocycles. The Morgan fingerprint density at radius 2 is 1.76 bits per heavy atom. The lowest BCUT2D eigenvalue weighted by Gasteiger charge is -2.40. The number of fused-ring (bicyclic) bond motifs is 1. The van der Waals surface area contributed by atoms with E-state index < -0.39 is 23.6 Å². The van der Waals surface area contributed by atoms with Gasteiger partial charge in [0.15, 0.2) is 0 Å². The standard InChI is InChI=1S/C16H20F3N3O2.C7H11NO/c17-16(18,19)11-5-3-4-10(8-11)15(24)21-9-14(23)22-13-7-2-1-6-12(13)20;9-7-5-3-1-2-4-6(5)8-7/h3-5,8,12-13H,1-2,6-7,9,20H2,(H,21,24)(H,22,23);5-6H,1-4H2,(H,8,9). The second kappa shape index (κ2) is 11.0. The summed E-state index contributed by atoms with van der Waals surface area (Å²) < 4.78 is 37.9. The molecule has 1 aromatic rings. The predicted octanol–water partition coefficient (Wildman–Crippen LogP) is 2.50. The number of halogens is 3. The molecule has 0 radical (unpaired) electrons. The molecular formula is C23H31F3N4O3. The average molecular weight is 469 g/mol. The second-order valence-corrected chi connectivity index (χ2v) is 8.89. The molecule has 10 heteroatoms. The fourth-order valence-corrected chi connectivity index (χ4v) is 4.51. The van der Waals surface area contributed by atoms with Gasteiger partial charge in [-0.1, -0.05) is 31.7 Å². The highest BCUT2D eigenvalue weighted by Gasteiger charge is 2.40. The van der Waals surface area contributed by atoms with Crippen LogP contribution in [-0.2, 0) is 15.8 Å². The molecule has 4 rings (SSSR count). The van der Waals surface area contributed by atoms with Gasteiger partial charge in [-0.15, -0.1) is 0 Å². The number of benzene rings is 1. The Labute approximate surface area is 191 Å². The molecule has 3 fully saturated rings. The van der Waals surface area contributed by atoms with E-state index in [1.165, 1.54) is 25.3 Å². The van der Waals surface area contributed by atoms with Gasteiger partial charge in [0.1, 0.15) is 0 Å². The van der Waals surface area contributed by atoms with Crippen molar-refractivity contribution in [1.82, 2.24) is 16.0 Å². The van der Waals surface area contributed by atoms with E-state index in [0.717, 1.165) is 50.3 Å². The fourth-order valence-electron chi connectivity index (χ4n) is 4.51. The maximum absolute atomic E-state index is 12.6. The SMILES string of the molecule is NC1CCCCC1NC(=O)CNC(=O)c1cccc(C(F)(F)F)c1.O=C1NC2CCCCC12. The van der Waals surface area contributed by atoms with Gasteiger partial charge in [0.05, 0.1) is 18.0 Å². The molecule has 1 heterocycles. The molecule has 1 saturated heterocycles. The van der Waals surface area contributed by atoms with Crippen LogP contribution in [0.25, 0.3) is 0 Å². The number of amides is 3. The maximum atomic E-state index is 12.6. The molecule has 2 aliphatic carbocycles. The first kappa shape index (κ1) is 25.0. The summed E-state index contributed by atoms with van der Waals surface area (Å²) in [6.45, 7) is -0.307. The van der Waals surface area contributed by atoms with Crippen LogP contribution in [0.1, 0.15) is 67.3 Å². The van der Waals surface area contributed by atoms with Crippen LogP contribution in [0.4, 0.5) is 13.2 Å². The first-order chi connectivity index (χ1) is 15.6. The number of hydrogen-bond donors (Lipinski definition) is 4. The number of nitrogens with two attached hydrogens (primary N) is 1. The zero-order valence-electron chi connectivity index (χ0n) is 18.4. The van der Waals surface area contributed by atoms with Gasteiger partial charge in [-0.05, 0) is 43.9 Å². The first-order valence-corrected chi connectivity index (χ1v) is 11.5. The van der Waals surface area contributed by atoms with Crippen molar-refractivity contribution in [3.05, 3.63) is 35.4 Å². The lowest BCUT2D eigenvalue weighted by Crippen LogP contribution is -2.59. The van der Waals surface area contributed by atoms with Crippen molar-refractivity contribution in [2.75, 3.05) is 6.54 Å². The van der Waals surface area contributed by atoms with Gasteiger partial charge < -0.3 is 21.7 Å². The van der Waals surface area contributed by atoms with Crippen molar-refractivity contribution in [3.8, 4) is 0 Å². The molecular weight excluding hydrogens is 437 g/mol. The predicted molar refractivity (Wildman–Crippen MR) is 116 cm³/mol. The molecule has 0 spiro atoms. The summed E-state index contributed by atoms with van der Waals surface area (Å²) in [5.41, 5.74) is 4.87. The molecule has 7 nitrogen and oxygen atoms in total. The molecule has 182 valence electrons. The van der Waals surface area contributed by atoms with E-state index in [-0.39, 0.29) is 24.2 Å². The zero-order chi connectivity index (χ0) is 24.0. The van der Waals surface area contributed by atoms with Gasteiger partial charge in [-0.25, -0.2) is 0 Å². The lowest BCUT2D eigenvalue weighted by molar-refractivity contribution is -0.138. The first-order valence-electron chi connectivity index (χ1n) is 11.5. The monoisotopic (exact) mass is 468 g/mol. The summed E-state index contributed by atoms with van der Waals surface area (Å²) in [5, 5.41) is 7.98. The van der Waals surface area contributed by atoms with E-state index in [4.69, 9.17) is 5.73 Å². The number of rotatable bonds is 4. The second-order valence-electron chi connectivity index (χ2n) is 8.89. The third kappa shape index (κ3) is 6.93. The molecule has 1 aromatic carbocycles. The molecule has 4 atom stereocenters. The molecule has 5 N–H and O–H groups in total. The molecule has 33 heavy (non-hydrogen) atoms. The highest BCUT2D eigenvalue weighted by molar-refractivity contribution is 5.96. The van der Waals surface area contributed by atoms with E-state index in [0.29, 0.717) is 17.9 Å². The van der Waals surface area contributed by atoms with Crippen molar-refractivity contribution in [2.24, 2.45) is 11.7 Å². The van der Waals surface area contributed by atoms with Gasteiger partial charge in [0.2, 0.25) is 11.8 Å². The highest BCUT2D eigenvalue weighted by Crippen LogP contribution is 2.30. The number of β-lactam (4-membered cyclic amide) rings is 1. The van der Waals surface area contributed by atoms with Crippen LogP contribution < -0.4 is 21.7 Å². The third-order valence-corrected chi connectivity index (χ3v) is 6.46. The Bertz CT molecular complexity index is 862. The molecule has 3 amide bonds. The summed E-state index contributed by atoms with van der Waals surface area (Å²) in [6, 6.07) is 4.38. The minimum atomic E-state index is -4.52. The van der Waals surface area contributed by atoms with E-state index in [1.54, 1.807) is 0 Å². The quantitative estimate of drug-likeness (QED) is 0.509. The van der Waals surface area contributed by atoms with Crippen molar-refractivity contribution >= 4 is 17.7 Å². The van der Waals surface area contributed by atoms with E-state index >= 15 is 0 Å². The van der Waals surface area contributed by atoms with Crippen LogP contribution in [-0.4, -0.2) is 42.4 Å². The van der Waals surface area contributed by atoms with Gasteiger partial charge in [-0.2, -0.15) is 13.2 Å². The molecule has 2 saturated carbocycles. The number of nitrogens with one attached hydrogen (secondary N) is 3. The molecule has 4 unspecified atom stereocenters. The molecule has 0 bridgehead atoms. The summed E-state index contributed by atoms with van der Waals surface area (Å²) in [5.74, 6) is -0.444. The van der Waals surface area contributed by atoms with Gasteiger partial charge in [-0.3, -0.25) is 14.4 Å². The van der Waals surface area contributed by atoms with E-state index in [9.17, 15) is 27.6 Å². The molecule has 1 aliphatic heterocycles. The van der Waals surface area contributed by atoms with Crippen LogP contribution in [0.15, 0.2) is 24.3 Å². The van der Waals surface area contributed by atoms with E-state index in [1.807, 2.05) is 0 Å². The topological polar surface area (TPSA) is 113 Å². The van der Waals surface area contributed by atoms with Crippen LogP contribution in [0.2, 0.25) is 0 Å². The van der Waals surface area contributed by atoms with Crippen LogP contribution >= 0.6 is 0 Å². The Balaban J connectivity index is 0.000000280. The normalized spacial score (nSPS) is 26.5. The minimum absolute atomic E-state index is 0.109. The summed E-state index contributed by atoms with van der Waals surface area (Å²) in [7, 11) is 0. The zero-order valence-corrected chi connectivity index (χ0v) is 18.4. The summed E-state index contributed by atoms with van der Waals surface area (Å²) in [6.07, 6.45) is 4.03. The minimum Gasteiger partial charge on any atom is -0.352 e. The Kier molecular flexibility index (Phi) is 8.34. The summed E-state index contributed by atoms with van der Waals surface area (Å²) >= 11 is 0. The number of hydrogen-bond acceptors (Lipinski definition) is 4. The smallest absolute Gasteiger partial charge is 0.352 e. The van der Waals surface area contributed by atoms with Crippen molar-refractivity contribution < 1.29 is 27.6 Å². The van der Waals surface area contributed by atoms with Gasteiger partial charge in [0.25, 0.3) is 5.91 Å². The van der Waals surface area contributed by atoms with Crippen LogP contribution in [0.5, 0.6) is 0 Å². The van der Waals surface area contributed by atoms with Crippen LogP contribution in [0, 0.1) is 5.92 Å². The Morgan fingerprint density at radius 1 is 1.06 bits per heavy atom. The van der Waals surface area contributed by atoms with Crippen molar-refractivity contribution in [1.29, 1.82) is 0 Å². The number of alkyl halides is 3. The van der Waals surface area contributed by atoms with E-state index in [2.05, 4.69) is 16.0 Å². The average Bonchev–Trinajstić information content (AvgIpc) is 2.78. The van der Waals surface area contributed by atoms with Crippen LogP contribution in [0.3, 0.4) is 0 Å². The van der Waals surface area contributed by atoms with Crippen molar-refractivity contribution in [3.63, 3.8) is 0 Å². The summed E-state index contributed by atoms with van der Waals surface area (Å²) in [4.78, 5) is 34.5. The highest BCUT2D eigenvalue weighted by atomic mass is 19.4. The van der Waals surface area contributed by atoms with Gasteiger partial charge in [0, 0.05) is 23.7 Å². The maximum Gasteiger partial charge on any atom is 0.416 e. The Morgan fingerprint density at radius 3 is 2.39 bits per heavy atom. The number of carbonyl (C=O) groups excluding carboxylic acids is 3. The van der Waals surface area contributed by atoms with Gasteiger partial charge >= 0.3 is 6.18 Å². The molecule has 3 aliphatic rings. The number of carbonyl (C=O) groups is 3. The largest absolute Gasteiger partial charge is 0.416 e. The third-order valence-electron chi connectivity index (χ3n) is 6.46.